The van der Waals surface area contributed by atoms with Crippen molar-refractivity contribution >= 4 is 0 Å². The van der Waals surface area contributed by atoms with Crippen LogP contribution in [0.3, 0.4) is 0 Å². The summed E-state index contributed by atoms with van der Waals surface area (Å²) in [5.41, 5.74) is 6.68. The number of nitrogens with zero attached hydrogens (tertiary/aromatic N) is 3. The number of hydrogen-bond acceptors (Lipinski definition) is 6. The predicted molar refractivity (Wildman–Crippen MR) is 107 cm³/mol. The lowest BCUT2D eigenvalue weighted by Gasteiger charge is -2.43. The second kappa shape index (κ2) is 8.29. The minimum Gasteiger partial charge on any atom is -0.490 e. The highest BCUT2D eigenvalue weighted by Gasteiger charge is 2.53. The number of fused-ring (bicyclic) bond motifs is 1. The van der Waals surface area contributed by atoms with Crippen LogP contribution in [0.1, 0.15) is 44.6 Å². The Morgan fingerprint density at radius 3 is 2.41 bits per heavy atom. The molecule has 0 saturated carbocycles. The third-order valence-electron chi connectivity index (χ3n) is 5.73. The standard InChI is InChI=1S/C23H24N4O2/c1-3-28-19-10-9-15(11-20(19)29-4-2)21-17-8-6-5-7-16(17)18(12-24)22(27)23(21,13-25)14-26/h7,9-11,17,21H,3-6,8,27H2,1-2H3/t17-,21-/m0/s1. The Kier molecular flexibility index (Phi) is 5.81. The first-order chi connectivity index (χ1) is 14.1. The van der Waals surface area contributed by atoms with Gasteiger partial charge in [0.25, 0.3) is 0 Å². The van der Waals surface area contributed by atoms with Crippen LogP contribution < -0.4 is 15.2 Å². The van der Waals surface area contributed by atoms with Crippen molar-refractivity contribution in [1.82, 2.24) is 0 Å². The van der Waals surface area contributed by atoms with Gasteiger partial charge in [-0.2, -0.15) is 15.8 Å². The fourth-order valence-corrected chi connectivity index (χ4v) is 4.51. The van der Waals surface area contributed by atoms with Crippen molar-refractivity contribution < 1.29 is 9.47 Å². The molecule has 0 saturated heterocycles. The third kappa shape index (κ3) is 3.20. The van der Waals surface area contributed by atoms with Gasteiger partial charge in [0.1, 0.15) is 6.07 Å². The van der Waals surface area contributed by atoms with E-state index in [1.165, 1.54) is 0 Å². The molecule has 0 spiro atoms. The molecule has 0 aliphatic heterocycles. The van der Waals surface area contributed by atoms with Gasteiger partial charge < -0.3 is 15.2 Å². The first kappa shape index (κ1) is 20.3. The highest BCUT2D eigenvalue weighted by molar-refractivity contribution is 5.60. The summed E-state index contributed by atoms with van der Waals surface area (Å²) < 4.78 is 11.4. The Morgan fingerprint density at radius 1 is 1.10 bits per heavy atom. The largest absolute Gasteiger partial charge is 0.490 e. The monoisotopic (exact) mass is 388 g/mol. The number of nitrogens with two attached hydrogens (primary N) is 1. The van der Waals surface area contributed by atoms with E-state index in [1.807, 2.05) is 38.1 Å². The van der Waals surface area contributed by atoms with E-state index >= 15 is 0 Å². The molecule has 0 bridgehead atoms. The molecule has 0 aromatic heterocycles. The molecule has 6 nitrogen and oxygen atoms in total. The highest BCUT2D eigenvalue weighted by atomic mass is 16.5. The second-order valence-corrected chi connectivity index (χ2v) is 7.18. The zero-order chi connectivity index (χ0) is 21.0. The highest BCUT2D eigenvalue weighted by Crippen LogP contribution is 2.56. The van der Waals surface area contributed by atoms with Gasteiger partial charge >= 0.3 is 0 Å². The number of nitriles is 3. The molecule has 6 heteroatoms. The Bertz CT molecular complexity index is 974. The molecule has 0 radical (unpaired) electrons. The quantitative estimate of drug-likeness (QED) is 0.812. The molecular formula is C23H24N4O2. The molecule has 0 amide bonds. The Balaban J connectivity index is 2.25. The summed E-state index contributed by atoms with van der Waals surface area (Å²) in [6, 6.07) is 12.0. The van der Waals surface area contributed by atoms with Crippen molar-refractivity contribution in [3.63, 3.8) is 0 Å². The Morgan fingerprint density at radius 2 is 1.79 bits per heavy atom. The van der Waals surface area contributed by atoms with E-state index in [1.54, 1.807) is 0 Å². The third-order valence-corrected chi connectivity index (χ3v) is 5.73. The Hall–Kier alpha value is -3.43. The van der Waals surface area contributed by atoms with E-state index in [0.717, 1.165) is 30.4 Å². The van der Waals surface area contributed by atoms with Crippen LogP contribution in [0, 0.1) is 45.3 Å². The maximum Gasteiger partial charge on any atom is 0.191 e. The van der Waals surface area contributed by atoms with E-state index in [2.05, 4.69) is 18.2 Å². The van der Waals surface area contributed by atoms with Crippen LogP contribution in [0.5, 0.6) is 11.5 Å². The maximum atomic E-state index is 10.1. The van der Waals surface area contributed by atoms with Crippen LogP contribution in [0.2, 0.25) is 0 Å². The number of allylic oxidation sites excluding steroid dienone is 4. The van der Waals surface area contributed by atoms with Crippen molar-refractivity contribution in [3.8, 4) is 29.7 Å². The summed E-state index contributed by atoms with van der Waals surface area (Å²) >= 11 is 0. The first-order valence-electron chi connectivity index (χ1n) is 9.90. The molecule has 1 aromatic rings. The molecule has 3 rings (SSSR count). The summed E-state index contributed by atoms with van der Waals surface area (Å²) in [4.78, 5) is 0. The van der Waals surface area contributed by atoms with Crippen LogP contribution in [0.4, 0.5) is 0 Å². The van der Waals surface area contributed by atoms with Gasteiger partial charge in [0, 0.05) is 5.92 Å². The minimum atomic E-state index is -1.61. The summed E-state index contributed by atoms with van der Waals surface area (Å²) in [7, 11) is 0. The zero-order valence-electron chi connectivity index (χ0n) is 16.7. The molecule has 1 aromatic carbocycles. The van der Waals surface area contributed by atoms with Gasteiger partial charge in [0.2, 0.25) is 0 Å². The lowest BCUT2D eigenvalue weighted by atomic mass is 9.57. The molecule has 29 heavy (non-hydrogen) atoms. The fourth-order valence-electron chi connectivity index (χ4n) is 4.51. The predicted octanol–water partition coefficient (Wildman–Crippen LogP) is 4.08. The number of benzene rings is 1. The van der Waals surface area contributed by atoms with Gasteiger partial charge in [-0.15, -0.1) is 0 Å². The number of ether oxygens (including phenoxy) is 2. The van der Waals surface area contributed by atoms with Crippen LogP contribution in [0.25, 0.3) is 0 Å². The molecule has 148 valence electrons. The minimum absolute atomic E-state index is 0.0474. The number of rotatable bonds is 5. The van der Waals surface area contributed by atoms with Crippen molar-refractivity contribution in [2.75, 3.05) is 13.2 Å². The average Bonchev–Trinajstić information content (AvgIpc) is 2.75. The molecule has 0 unspecified atom stereocenters. The van der Waals surface area contributed by atoms with Crippen LogP contribution in [0.15, 0.2) is 41.1 Å². The van der Waals surface area contributed by atoms with Crippen molar-refractivity contribution in [2.24, 2.45) is 17.1 Å². The number of hydrogen-bond donors (Lipinski definition) is 1. The molecular weight excluding hydrogens is 364 g/mol. The lowest BCUT2D eigenvalue weighted by Crippen LogP contribution is -2.42. The van der Waals surface area contributed by atoms with Gasteiger partial charge in [0.05, 0.1) is 36.6 Å². The SMILES string of the molecule is CCOc1ccc([C@H]2[C@H]3CCCC=C3C(C#N)=C(N)C2(C#N)C#N)cc1OCC. The van der Waals surface area contributed by atoms with Crippen LogP contribution >= 0.6 is 0 Å². The van der Waals surface area contributed by atoms with E-state index in [-0.39, 0.29) is 17.2 Å². The summed E-state index contributed by atoms with van der Waals surface area (Å²) in [6.45, 7) is 4.75. The normalized spacial score (nSPS) is 22.4. The van der Waals surface area contributed by atoms with E-state index < -0.39 is 11.3 Å². The summed E-state index contributed by atoms with van der Waals surface area (Å²) in [5, 5.41) is 29.9. The summed E-state index contributed by atoms with van der Waals surface area (Å²) in [5.74, 6) is 0.578. The molecule has 2 aliphatic carbocycles. The van der Waals surface area contributed by atoms with Gasteiger partial charge in [-0.25, -0.2) is 0 Å². The first-order valence-corrected chi connectivity index (χ1v) is 9.90. The second-order valence-electron chi connectivity index (χ2n) is 7.18. The van der Waals surface area contributed by atoms with E-state index in [0.29, 0.717) is 24.7 Å². The smallest absolute Gasteiger partial charge is 0.191 e. The topological polar surface area (TPSA) is 116 Å². The lowest BCUT2D eigenvalue weighted by molar-refractivity contribution is 0.284. The van der Waals surface area contributed by atoms with Crippen molar-refractivity contribution in [3.05, 3.63) is 46.7 Å². The molecule has 2 atom stereocenters. The molecule has 0 heterocycles. The van der Waals surface area contributed by atoms with Crippen LogP contribution in [-0.2, 0) is 0 Å². The average molecular weight is 388 g/mol. The van der Waals surface area contributed by atoms with Gasteiger partial charge in [0.15, 0.2) is 16.9 Å². The van der Waals surface area contributed by atoms with Crippen LogP contribution in [-0.4, -0.2) is 13.2 Å². The van der Waals surface area contributed by atoms with Gasteiger partial charge in [-0.3, -0.25) is 0 Å². The maximum absolute atomic E-state index is 10.1. The van der Waals surface area contributed by atoms with Gasteiger partial charge in [-0.05, 0) is 62.3 Å². The Labute approximate surface area is 171 Å². The molecule has 2 aliphatic rings. The van der Waals surface area contributed by atoms with E-state index in [9.17, 15) is 15.8 Å². The zero-order valence-corrected chi connectivity index (χ0v) is 16.7. The van der Waals surface area contributed by atoms with Crippen molar-refractivity contribution in [1.29, 1.82) is 15.8 Å². The van der Waals surface area contributed by atoms with Crippen molar-refractivity contribution in [2.45, 2.75) is 39.0 Å². The van der Waals surface area contributed by atoms with E-state index in [4.69, 9.17) is 15.2 Å². The molecule has 0 fully saturated rings. The fraction of sp³-hybridized carbons (Fsp3) is 0.435. The van der Waals surface area contributed by atoms with Gasteiger partial charge in [-0.1, -0.05) is 12.1 Å². The summed E-state index contributed by atoms with van der Waals surface area (Å²) in [6.07, 6.45) is 4.61. The molecule has 2 N–H and O–H groups in total.